The maximum Gasteiger partial charge on any atom is 0.232 e. The van der Waals surface area contributed by atoms with Gasteiger partial charge in [0.15, 0.2) is 5.76 Å². The van der Waals surface area contributed by atoms with Crippen molar-refractivity contribution in [2.75, 3.05) is 0 Å². The number of amides is 1. The first-order chi connectivity index (χ1) is 12.2. The van der Waals surface area contributed by atoms with Crippen LogP contribution in [0.3, 0.4) is 0 Å². The second-order valence-corrected chi connectivity index (χ2v) is 6.18. The molecular weight excluding hydrogens is 321 g/mol. The molecule has 25 heavy (non-hydrogen) atoms. The second kappa shape index (κ2) is 6.12. The lowest BCUT2D eigenvalue weighted by Gasteiger charge is -2.12. The number of nitrogens with zero attached hydrogens (tertiary/aromatic N) is 2. The van der Waals surface area contributed by atoms with Crippen LogP contribution in [0.4, 0.5) is 4.39 Å². The molecule has 5 nitrogen and oxygen atoms in total. The van der Waals surface area contributed by atoms with Gasteiger partial charge in [0, 0.05) is 25.0 Å². The Bertz CT molecular complexity index is 904. The van der Waals surface area contributed by atoms with Crippen molar-refractivity contribution in [1.29, 1.82) is 0 Å². The number of hydrogen-bond donors (Lipinski definition) is 1. The summed E-state index contributed by atoms with van der Waals surface area (Å²) in [6.45, 7) is 0.409. The van der Waals surface area contributed by atoms with E-state index < -0.39 is 5.41 Å². The second-order valence-electron chi connectivity index (χ2n) is 6.18. The van der Waals surface area contributed by atoms with E-state index in [1.807, 2.05) is 12.1 Å². The van der Waals surface area contributed by atoms with Crippen LogP contribution in [-0.4, -0.2) is 16.0 Å². The summed E-state index contributed by atoms with van der Waals surface area (Å²) < 4.78 is 19.2. The molecule has 0 bridgehead atoms. The van der Waals surface area contributed by atoms with E-state index in [2.05, 4.69) is 15.5 Å². The summed E-state index contributed by atoms with van der Waals surface area (Å²) >= 11 is 0. The molecule has 1 aromatic carbocycles. The molecule has 0 saturated heterocycles. The van der Waals surface area contributed by atoms with Crippen molar-refractivity contribution in [1.82, 2.24) is 15.5 Å². The SMILES string of the molecule is O=C(NCc1cccnc1)C1(c2cc(-c3ccccc3F)on2)CC1. The molecule has 1 fully saturated rings. The summed E-state index contributed by atoms with van der Waals surface area (Å²) in [6.07, 6.45) is 4.81. The topological polar surface area (TPSA) is 68.0 Å². The lowest BCUT2D eigenvalue weighted by molar-refractivity contribution is -0.123. The van der Waals surface area contributed by atoms with Gasteiger partial charge in [0.2, 0.25) is 5.91 Å². The van der Waals surface area contributed by atoms with Crippen LogP contribution in [0.1, 0.15) is 24.1 Å². The van der Waals surface area contributed by atoms with E-state index in [0.717, 1.165) is 5.56 Å². The molecule has 2 heterocycles. The van der Waals surface area contributed by atoms with Gasteiger partial charge in [-0.05, 0) is 36.6 Å². The van der Waals surface area contributed by atoms with Crippen LogP contribution in [0.15, 0.2) is 59.4 Å². The monoisotopic (exact) mass is 337 g/mol. The van der Waals surface area contributed by atoms with Crippen LogP contribution in [-0.2, 0) is 16.8 Å². The van der Waals surface area contributed by atoms with Gasteiger partial charge in [-0.15, -0.1) is 0 Å². The first-order valence-electron chi connectivity index (χ1n) is 8.08. The number of benzene rings is 1. The molecule has 0 unspecified atom stereocenters. The zero-order valence-electron chi connectivity index (χ0n) is 13.4. The summed E-state index contributed by atoms with van der Waals surface area (Å²) in [5.74, 6) is -0.139. The zero-order chi connectivity index (χ0) is 17.3. The Morgan fingerprint density at radius 2 is 2.08 bits per heavy atom. The lowest BCUT2D eigenvalue weighted by Crippen LogP contribution is -2.34. The Morgan fingerprint density at radius 3 is 2.80 bits per heavy atom. The Hall–Kier alpha value is -3.02. The van der Waals surface area contributed by atoms with Gasteiger partial charge in [0.25, 0.3) is 0 Å². The fraction of sp³-hybridized carbons (Fsp3) is 0.211. The number of nitrogens with one attached hydrogen (secondary N) is 1. The van der Waals surface area contributed by atoms with Crippen LogP contribution in [0, 0.1) is 5.82 Å². The van der Waals surface area contributed by atoms with E-state index in [9.17, 15) is 9.18 Å². The fourth-order valence-electron chi connectivity index (χ4n) is 2.87. The van der Waals surface area contributed by atoms with Gasteiger partial charge in [-0.3, -0.25) is 9.78 Å². The number of rotatable bonds is 5. The van der Waals surface area contributed by atoms with Gasteiger partial charge in [0.1, 0.15) is 5.82 Å². The Kier molecular flexibility index (Phi) is 3.80. The van der Waals surface area contributed by atoms with Crippen molar-refractivity contribution < 1.29 is 13.7 Å². The molecule has 0 atom stereocenters. The van der Waals surface area contributed by atoms with Crippen molar-refractivity contribution in [3.05, 3.63) is 71.9 Å². The number of hydrogen-bond acceptors (Lipinski definition) is 4. The number of halogens is 1. The molecule has 1 saturated carbocycles. The minimum Gasteiger partial charge on any atom is -0.356 e. The Morgan fingerprint density at radius 1 is 1.24 bits per heavy atom. The minimum atomic E-state index is -0.671. The summed E-state index contributed by atoms with van der Waals surface area (Å²) in [6, 6.07) is 11.7. The standard InChI is InChI=1S/C19H16FN3O2/c20-15-6-2-1-5-14(15)16-10-17(23-25-16)19(7-8-19)18(24)22-12-13-4-3-9-21-11-13/h1-6,9-11H,7-8,12H2,(H,22,24). The third-order valence-electron chi connectivity index (χ3n) is 4.50. The van der Waals surface area contributed by atoms with Crippen molar-refractivity contribution >= 4 is 5.91 Å². The molecule has 2 aromatic heterocycles. The average Bonchev–Trinajstić information content (AvgIpc) is 3.31. The van der Waals surface area contributed by atoms with Gasteiger partial charge in [-0.2, -0.15) is 0 Å². The average molecular weight is 337 g/mol. The molecule has 0 aliphatic heterocycles. The minimum absolute atomic E-state index is 0.0928. The number of carbonyl (C=O) groups excluding carboxylic acids is 1. The predicted octanol–water partition coefficient (Wildman–Crippen LogP) is 3.22. The largest absolute Gasteiger partial charge is 0.356 e. The maximum absolute atomic E-state index is 13.9. The molecule has 1 amide bonds. The molecule has 4 rings (SSSR count). The van der Waals surface area contributed by atoms with Gasteiger partial charge < -0.3 is 9.84 Å². The molecule has 1 aliphatic rings. The number of aromatic nitrogens is 2. The maximum atomic E-state index is 13.9. The summed E-state index contributed by atoms with van der Waals surface area (Å²) in [4.78, 5) is 16.7. The highest BCUT2D eigenvalue weighted by molar-refractivity contribution is 5.91. The summed E-state index contributed by atoms with van der Waals surface area (Å²) in [7, 11) is 0. The number of carbonyl (C=O) groups is 1. The van der Waals surface area contributed by atoms with Crippen molar-refractivity contribution in [3.63, 3.8) is 0 Å². The van der Waals surface area contributed by atoms with Crippen LogP contribution in [0.25, 0.3) is 11.3 Å². The molecule has 1 N–H and O–H groups in total. The first-order valence-corrected chi connectivity index (χ1v) is 8.08. The molecule has 1 aliphatic carbocycles. The summed E-state index contributed by atoms with van der Waals surface area (Å²) in [5.41, 5.74) is 1.15. The highest BCUT2D eigenvalue weighted by atomic mass is 19.1. The van der Waals surface area contributed by atoms with Gasteiger partial charge in [-0.25, -0.2) is 4.39 Å². The third-order valence-corrected chi connectivity index (χ3v) is 4.50. The predicted molar refractivity (Wildman–Crippen MR) is 88.9 cm³/mol. The van der Waals surface area contributed by atoms with Gasteiger partial charge in [0.05, 0.1) is 16.7 Å². The van der Waals surface area contributed by atoms with Crippen LogP contribution in [0.2, 0.25) is 0 Å². The van der Waals surface area contributed by atoms with Gasteiger partial charge >= 0.3 is 0 Å². The van der Waals surface area contributed by atoms with E-state index in [4.69, 9.17) is 4.52 Å². The molecule has 0 spiro atoms. The van der Waals surface area contributed by atoms with Crippen LogP contribution < -0.4 is 5.32 Å². The normalized spacial score (nSPS) is 14.9. The zero-order valence-corrected chi connectivity index (χ0v) is 13.4. The van der Waals surface area contributed by atoms with Crippen molar-refractivity contribution in [2.45, 2.75) is 24.8 Å². The smallest absolute Gasteiger partial charge is 0.232 e. The molecule has 6 heteroatoms. The highest BCUT2D eigenvalue weighted by Crippen LogP contribution is 2.48. The fourth-order valence-corrected chi connectivity index (χ4v) is 2.87. The Labute approximate surface area is 143 Å². The quantitative estimate of drug-likeness (QED) is 0.776. The highest BCUT2D eigenvalue weighted by Gasteiger charge is 2.53. The van der Waals surface area contributed by atoms with Crippen molar-refractivity contribution in [2.24, 2.45) is 0 Å². The molecule has 0 radical (unpaired) electrons. The molecule has 3 aromatic rings. The first kappa shape index (κ1) is 15.5. The van der Waals surface area contributed by atoms with Crippen LogP contribution >= 0.6 is 0 Å². The van der Waals surface area contributed by atoms with Crippen molar-refractivity contribution in [3.8, 4) is 11.3 Å². The lowest BCUT2D eigenvalue weighted by atomic mass is 10.00. The Balaban J connectivity index is 1.51. The van der Waals surface area contributed by atoms with E-state index in [1.54, 1.807) is 36.7 Å². The molecular formula is C19H16FN3O2. The molecule has 126 valence electrons. The van der Waals surface area contributed by atoms with E-state index in [1.165, 1.54) is 6.07 Å². The summed E-state index contributed by atoms with van der Waals surface area (Å²) in [5, 5.41) is 6.96. The van der Waals surface area contributed by atoms with Gasteiger partial charge in [-0.1, -0.05) is 23.4 Å². The van der Waals surface area contributed by atoms with E-state index in [-0.39, 0.29) is 11.7 Å². The van der Waals surface area contributed by atoms with E-state index >= 15 is 0 Å². The van der Waals surface area contributed by atoms with Crippen LogP contribution in [0.5, 0.6) is 0 Å². The third kappa shape index (κ3) is 2.91. The van der Waals surface area contributed by atoms with E-state index in [0.29, 0.717) is 36.4 Å². The number of pyridine rings is 1.